The van der Waals surface area contributed by atoms with Crippen LogP contribution in [0.5, 0.6) is 0 Å². The third-order valence-corrected chi connectivity index (χ3v) is 5.57. The van der Waals surface area contributed by atoms with E-state index in [1.54, 1.807) is 0 Å². The normalized spacial score (nSPS) is 38.1. The Bertz CT molecular complexity index is 536. The molecular weight excluding hydrogens is 306 g/mol. The number of likely N-dealkylation sites (tertiary alicyclic amines) is 1. The Morgan fingerprint density at radius 2 is 2.16 bits per heavy atom. The van der Waals surface area contributed by atoms with E-state index in [9.17, 15) is 9.59 Å². The van der Waals surface area contributed by atoms with Crippen LogP contribution in [0.1, 0.15) is 19.3 Å². The number of carbonyl (C=O) groups excluding carboxylic acids is 2. The number of nitrogens with zero attached hydrogens (tertiary/aromatic N) is 1. The molecule has 5 rings (SSSR count). The van der Waals surface area contributed by atoms with Gasteiger partial charge >= 0.3 is 0 Å². The van der Waals surface area contributed by atoms with Gasteiger partial charge in [0.1, 0.15) is 0 Å². The Hall–Kier alpha value is -0.900. The zero-order valence-corrected chi connectivity index (χ0v) is 12.2. The maximum absolute atomic E-state index is 12.5. The monoisotopic (exact) mass is 321 g/mol. The Kier molecular flexibility index (Phi) is 2.53. The first-order chi connectivity index (χ1) is 9.24. The second-order valence-electron chi connectivity index (χ2n) is 5.98. The van der Waals surface area contributed by atoms with Gasteiger partial charge in [0.2, 0.25) is 5.91 Å². The van der Waals surface area contributed by atoms with Crippen LogP contribution in [0.4, 0.5) is 0 Å². The van der Waals surface area contributed by atoms with Crippen LogP contribution in [0.3, 0.4) is 0 Å². The number of amides is 2. The molecule has 4 heteroatoms. The minimum Gasteiger partial charge on any atom is -0.278 e. The van der Waals surface area contributed by atoms with Crippen LogP contribution in [0.25, 0.3) is 0 Å². The van der Waals surface area contributed by atoms with Crippen LogP contribution >= 0.6 is 15.9 Å². The molecule has 5 aliphatic rings. The van der Waals surface area contributed by atoms with E-state index in [0.29, 0.717) is 24.3 Å². The molecule has 100 valence electrons. The number of rotatable bonds is 4. The Balaban J connectivity index is 1.65. The Labute approximate surface area is 120 Å². The molecule has 0 radical (unpaired) electrons. The van der Waals surface area contributed by atoms with Crippen molar-refractivity contribution < 1.29 is 9.59 Å². The highest BCUT2D eigenvalue weighted by Crippen LogP contribution is 2.62. The van der Waals surface area contributed by atoms with E-state index < -0.39 is 0 Å². The van der Waals surface area contributed by atoms with Crippen molar-refractivity contribution in [3.05, 3.63) is 23.3 Å². The van der Waals surface area contributed by atoms with Crippen LogP contribution in [0, 0.1) is 23.7 Å². The Morgan fingerprint density at radius 3 is 2.95 bits per heavy atom. The summed E-state index contributed by atoms with van der Waals surface area (Å²) in [4.78, 5) is 26.5. The molecule has 0 N–H and O–H groups in total. The van der Waals surface area contributed by atoms with Crippen molar-refractivity contribution in [2.24, 2.45) is 23.7 Å². The quantitative estimate of drug-likeness (QED) is 0.452. The first kappa shape index (κ1) is 11.9. The number of unbranched alkanes of at least 4 members (excludes halogenated alkanes) is 1. The van der Waals surface area contributed by atoms with Crippen molar-refractivity contribution >= 4 is 27.7 Å². The van der Waals surface area contributed by atoms with Gasteiger partial charge < -0.3 is 0 Å². The summed E-state index contributed by atoms with van der Waals surface area (Å²) in [5.74, 6) is 1.45. The van der Waals surface area contributed by atoms with Gasteiger partial charge in [-0.1, -0.05) is 28.1 Å². The van der Waals surface area contributed by atoms with Crippen molar-refractivity contribution in [1.29, 1.82) is 0 Å². The summed E-state index contributed by atoms with van der Waals surface area (Å²) in [6.07, 6.45) is 7.35. The number of hydrogen-bond acceptors (Lipinski definition) is 2. The molecule has 0 aromatic carbocycles. The van der Waals surface area contributed by atoms with Gasteiger partial charge in [-0.25, -0.2) is 0 Å². The minimum atomic E-state index is -0.139. The van der Waals surface area contributed by atoms with Crippen LogP contribution in [-0.2, 0) is 9.59 Å². The lowest BCUT2D eigenvalue weighted by Gasteiger charge is -2.29. The van der Waals surface area contributed by atoms with E-state index in [4.69, 9.17) is 0 Å². The highest BCUT2D eigenvalue weighted by atomic mass is 79.9. The summed E-state index contributed by atoms with van der Waals surface area (Å²) in [7, 11) is 0. The second kappa shape index (κ2) is 4.05. The number of hydrogen-bond donors (Lipinski definition) is 0. The number of carbonyl (C=O) groups is 2. The van der Waals surface area contributed by atoms with Gasteiger partial charge in [-0.15, -0.1) is 0 Å². The topological polar surface area (TPSA) is 37.4 Å². The van der Waals surface area contributed by atoms with E-state index in [0.717, 1.165) is 23.7 Å². The van der Waals surface area contributed by atoms with Gasteiger partial charge in [0.05, 0.1) is 5.92 Å². The maximum Gasteiger partial charge on any atom is 0.257 e. The molecule has 0 aromatic rings. The lowest BCUT2D eigenvalue weighted by atomic mass is 9.71. The first-order valence-corrected chi connectivity index (χ1v) is 8.20. The van der Waals surface area contributed by atoms with Crippen LogP contribution in [-0.4, -0.2) is 28.6 Å². The number of imide groups is 1. The molecule has 1 heterocycles. The number of alkyl halides is 1. The molecule has 2 fully saturated rings. The van der Waals surface area contributed by atoms with Crippen molar-refractivity contribution in [3.63, 3.8) is 0 Å². The van der Waals surface area contributed by atoms with Crippen LogP contribution < -0.4 is 0 Å². The van der Waals surface area contributed by atoms with E-state index >= 15 is 0 Å². The molecule has 19 heavy (non-hydrogen) atoms. The van der Waals surface area contributed by atoms with Crippen LogP contribution in [0.15, 0.2) is 23.3 Å². The van der Waals surface area contributed by atoms with Gasteiger partial charge in [-0.2, -0.15) is 0 Å². The van der Waals surface area contributed by atoms with Crippen molar-refractivity contribution in [1.82, 2.24) is 4.90 Å². The highest BCUT2D eigenvalue weighted by Gasteiger charge is 2.61. The molecule has 1 aliphatic heterocycles. The lowest BCUT2D eigenvalue weighted by Crippen LogP contribution is -2.34. The Morgan fingerprint density at radius 1 is 1.32 bits per heavy atom. The molecule has 2 amide bonds. The first-order valence-electron chi connectivity index (χ1n) is 7.08. The zero-order valence-electron chi connectivity index (χ0n) is 10.6. The molecule has 4 aliphatic carbocycles. The summed E-state index contributed by atoms with van der Waals surface area (Å²) in [5.41, 5.74) is 2.02. The molecule has 0 aromatic heterocycles. The maximum atomic E-state index is 12.5. The fourth-order valence-electron chi connectivity index (χ4n) is 4.03. The SMILES string of the molecule is O=C1C2=C3C=CC(C2C(=O)N1CCCCBr)C1CC31. The lowest BCUT2D eigenvalue weighted by molar-refractivity contribution is -0.139. The molecular formula is C15H16BrNO2. The smallest absolute Gasteiger partial charge is 0.257 e. The number of halogens is 1. The molecule has 4 atom stereocenters. The van der Waals surface area contributed by atoms with E-state index in [1.807, 2.05) is 0 Å². The van der Waals surface area contributed by atoms with Crippen LogP contribution in [0.2, 0.25) is 0 Å². The molecule has 4 unspecified atom stereocenters. The second-order valence-corrected chi connectivity index (χ2v) is 6.77. The van der Waals surface area contributed by atoms with Gasteiger partial charge in [0.25, 0.3) is 5.91 Å². The largest absolute Gasteiger partial charge is 0.278 e. The van der Waals surface area contributed by atoms with E-state index in [-0.39, 0.29) is 17.7 Å². The van der Waals surface area contributed by atoms with Crippen molar-refractivity contribution in [3.8, 4) is 0 Å². The zero-order chi connectivity index (χ0) is 13.1. The minimum absolute atomic E-state index is 0.000674. The summed E-state index contributed by atoms with van der Waals surface area (Å²) >= 11 is 3.39. The van der Waals surface area contributed by atoms with Gasteiger partial charge in [-0.05, 0) is 42.6 Å². The van der Waals surface area contributed by atoms with Gasteiger partial charge in [-0.3, -0.25) is 14.5 Å². The van der Waals surface area contributed by atoms with Gasteiger partial charge in [0, 0.05) is 17.4 Å². The predicted molar refractivity (Wildman–Crippen MR) is 74.5 cm³/mol. The molecule has 1 saturated heterocycles. The standard InChI is InChI=1S/C15H16BrNO2/c16-5-1-2-6-17-14(18)12-8-3-4-9(11-7-10(8)11)13(12)15(17)19/h3-4,8,10-12H,1-2,5-7H2. The summed E-state index contributed by atoms with van der Waals surface area (Å²) in [6.45, 7) is 0.582. The summed E-state index contributed by atoms with van der Waals surface area (Å²) in [5, 5.41) is 0.926. The average molecular weight is 322 g/mol. The fourth-order valence-corrected chi connectivity index (χ4v) is 4.43. The van der Waals surface area contributed by atoms with Gasteiger partial charge in [0.15, 0.2) is 0 Å². The molecule has 0 spiro atoms. The van der Waals surface area contributed by atoms with E-state index in [1.165, 1.54) is 16.9 Å². The van der Waals surface area contributed by atoms with Crippen molar-refractivity contribution in [2.45, 2.75) is 19.3 Å². The third kappa shape index (κ3) is 1.49. The molecule has 2 bridgehead atoms. The van der Waals surface area contributed by atoms with E-state index in [2.05, 4.69) is 28.1 Å². The molecule has 1 saturated carbocycles. The fraction of sp³-hybridized carbons (Fsp3) is 0.600. The summed E-state index contributed by atoms with van der Waals surface area (Å²) in [6, 6.07) is 0. The average Bonchev–Trinajstić information content (AvgIpc) is 3.19. The number of allylic oxidation sites excluding steroid dienone is 3. The highest BCUT2D eigenvalue weighted by molar-refractivity contribution is 9.09. The van der Waals surface area contributed by atoms with Crippen molar-refractivity contribution in [2.75, 3.05) is 11.9 Å². The summed E-state index contributed by atoms with van der Waals surface area (Å²) < 4.78 is 0. The third-order valence-electron chi connectivity index (χ3n) is 5.01. The predicted octanol–water partition coefficient (Wildman–Crippen LogP) is 2.28. The molecule has 3 nitrogen and oxygen atoms in total.